The number of fused-ring (bicyclic) bond motifs is 3. The maximum atomic E-state index is 12.7. The molecule has 176 valence electrons. The van der Waals surface area contributed by atoms with Crippen molar-refractivity contribution in [3.8, 4) is 11.1 Å². The predicted molar refractivity (Wildman–Crippen MR) is 129 cm³/mol. The lowest BCUT2D eigenvalue weighted by Crippen LogP contribution is -2.49. The summed E-state index contributed by atoms with van der Waals surface area (Å²) in [6, 6.07) is 15.1. The molecule has 2 amide bonds. The maximum Gasteiger partial charge on any atom is 0.407 e. The van der Waals surface area contributed by atoms with Crippen LogP contribution in [-0.2, 0) is 14.3 Å². The van der Waals surface area contributed by atoms with Gasteiger partial charge in [0.15, 0.2) is 0 Å². The molecule has 0 radical (unpaired) electrons. The number of hydrogen-bond acceptors (Lipinski definition) is 5. The molecule has 0 fully saturated rings. The van der Waals surface area contributed by atoms with Crippen LogP contribution in [0.2, 0.25) is 0 Å². The SMILES string of the molecule is CSCC[C@H](NC(=O)OCC1c2ccccc2-c2ccccc21)C(=O)NC(C)CCC(=O)O. The third-order valence-electron chi connectivity index (χ3n) is 5.74. The zero-order valence-electron chi connectivity index (χ0n) is 18.9. The quantitative estimate of drug-likeness (QED) is 0.458. The summed E-state index contributed by atoms with van der Waals surface area (Å²) in [5.41, 5.74) is 4.54. The van der Waals surface area contributed by atoms with E-state index in [2.05, 4.69) is 34.9 Å². The van der Waals surface area contributed by atoms with Crippen molar-refractivity contribution >= 4 is 29.7 Å². The van der Waals surface area contributed by atoms with Crippen LogP contribution in [0, 0.1) is 0 Å². The first-order valence-corrected chi connectivity index (χ1v) is 12.4. The summed E-state index contributed by atoms with van der Waals surface area (Å²) in [5, 5.41) is 14.3. The van der Waals surface area contributed by atoms with Gasteiger partial charge in [-0.25, -0.2) is 4.79 Å². The van der Waals surface area contributed by atoms with Crippen molar-refractivity contribution < 1.29 is 24.2 Å². The number of ether oxygens (including phenoxy) is 1. The number of nitrogens with one attached hydrogen (secondary N) is 2. The molecule has 0 aliphatic heterocycles. The molecule has 0 spiro atoms. The standard InChI is InChI=1S/C25H30N2O5S/c1-16(11-12-23(28)29)26-24(30)22(13-14-33-2)27-25(31)32-15-21-19-9-5-3-7-17(19)18-8-4-6-10-20(18)21/h3-10,16,21-22H,11-15H2,1-2H3,(H,26,30)(H,27,31)(H,28,29)/t16?,22-/m0/s1. The molecule has 8 heteroatoms. The van der Waals surface area contributed by atoms with Crippen molar-refractivity contribution in [2.45, 2.75) is 44.2 Å². The summed E-state index contributed by atoms with van der Waals surface area (Å²) in [6.07, 6.45) is 2.02. The fourth-order valence-electron chi connectivity index (χ4n) is 4.04. The van der Waals surface area contributed by atoms with Crippen molar-refractivity contribution in [3.63, 3.8) is 0 Å². The maximum absolute atomic E-state index is 12.7. The van der Waals surface area contributed by atoms with Gasteiger partial charge in [0.2, 0.25) is 5.91 Å². The molecule has 2 aromatic rings. The third kappa shape index (κ3) is 6.51. The average molecular weight is 471 g/mol. The van der Waals surface area contributed by atoms with Gasteiger partial charge in [-0.2, -0.15) is 11.8 Å². The molecule has 3 N–H and O–H groups in total. The Labute approximate surface area is 198 Å². The van der Waals surface area contributed by atoms with E-state index in [1.165, 1.54) is 0 Å². The highest BCUT2D eigenvalue weighted by Crippen LogP contribution is 2.44. The molecule has 2 aromatic carbocycles. The minimum Gasteiger partial charge on any atom is -0.481 e. The van der Waals surface area contributed by atoms with E-state index in [9.17, 15) is 14.4 Å². The molecule has 0 saturated heterocycles. The van der Waals surface area contributed by atoms with E-state index >= 15 is 0 Å². The monoisotopic (exact) mass is 470 g/mol. The molecule has 1 aliphatic rings. The number of carboxylic acid groups (broad SMARTS) is 1. The number of benzene rings is 2. The van der Waals surface area contributed by atoms with Crippen LogP contribution >= 0.6 is 11.8 Å². The number of alkyl carbamates (subject to hydrolysis) is 1. The number of carboxylic acids is 1. The fourth-order valence-corrected chi connectivity index (χ4v) is 4.51. The Morgan fingerprint density at radius 1 is 1.00 bits per heavy atom. The molecule has 0 aromatic heterocycles. The second-order valence-corrected chi connectivity index (χ2v) is 9.13. The highest BCUT2D eigenvalue weighted by atomic mass is 32.2. The van der Waals surface area contributed by atoms with Gasteiger partial charge in [-0.3, -0.25) is 9.59 Å². The van der Waals surface area contributed by atoms with Crippen LogP contribution in [0.1, 0.15) is 43.2 Å². The van der Waals surface area contributed by atoms with Gasteiger partial charge >= 0.3 is 12.1 Å². The summed E-state index contributed by atoms with van der Waals surface area (Å²) >= 11 is 1.58. The molecular weight excluding hydrogens is 440 g/mol. The van der Waals surface area contributed by atoms with E-state index in [4.69, 9.17) is 9.84 Å². The summed E-state index contributed by atoms with van der Waals surface area (Å²) in [7, 11) is 0. The van der Waals surface area contributed by atoms with Gasteiger partial charge in [0.1, 0.15) is 12.6 Å². The lowest BCUT2D eigenvalue weighted by atomic mass is 9.98. The summed E-state index contributed by atoms with van der Waals surface area (Å²) in [4.78, 5) is 36.1. The lowest BCUT2D eigenvalue weighted by Gasteiger charge is -2.21. The van der Waals surface area contributed by atoms with Gasteiger partial charge in [0.05, 0.1) is 0 Å². The number of hydrogen-bond donors (Lipinski definition) is 3. The van der Waals surface area contributed by atoms with Gasteiger partial charge in [-0.05, 0) is 54.0 Å². The average Bonchev–Trinajstić information content (AvgIpc) is 3.12. The molecule has 7 nitrogen and oxygen atoms in total. The van der Waals surface area contributed by atoms with E-state index in [0.29, 0.717) is 18.6 Å². The summed E-state index contributed by atoms with van der Waals surface area (Å²) < 4.78 is 5.57. The van der Waals surface area contributed by atoms with Crippen LogP contribution in [-0.4, -0.2) is 53.8 Å². The number of carbonyl (C=O) groups is 3. The van der Waals surface area contributed by atoms with Crippen molar-refractivity contribution in [2.75, 3.05) is 18.6 Å². The van der Waals surface area contributed by atoms with Gasteiger partial charge < -0.3 is 20.5 Å². The van der Waals surface area contributed by atoms with Crippen LogP contribution in [0.4, 0.5) is 4.79 Å². The Morgan fingerprint density at radius 3 is 2.18 bits per heavy atom. The van der Waals surface area contributed by atoms with Crippen LogP contribution in [0.25, 0.3) is 11.1 Å². The molecule has 3 rings (SSSR count). The minimum absolute atomic E-state index is 0.0310. The predicted octanol–water partition coefficient (Wildman–Crippen LogP) is 4.02. The van der Waals surface area contributed by atoms with Crippen molar-refractivity contribution in [1.82, 2.24) is 10.6 Å². The number of thioether (sulfide) groups is 1. The smallest absolute Gasteiger partial charge is 0.407 e. The summed E-state index contributed by atoms with van der Waals surface area (Å²) in [5.74, 6) is -0.620. The molecule has 2 atom stereocenters. The molecule has 1 unspecified atom stereocenters. The van der Waals surface area contributed by atoms with E-state index < -0.39 is 18.1 Å². The highest BCUT2D eigenvalue weighted by Gasteiger charge is 2.30. The first kappa shape index (κ1) is 24.6. The second kappa shape index (κ2) is 11.7. The largest absolute Gasteiger partial charge is 0.481 e. The van der Waals surface area contributed by atoms with Gasteiger partial charge in [-0.15, -0.1) is 0 Å². The number of carbonyl (C=O) groups excluding carboxylic acids is 2. The van der Waals surface area contributed by atoms with Crippen molar-refractivity contribution in [1.29, 1.82) is 0 Å². The first-order valence-electron chi connectivity index (χ1n) is 11.0. The van der Waals surface area contributed by atoms with Crippen LogP contribution in [0.5, 0.6) is 0 Å². The number of rotatable bonds is 11. The molecule has 0 saturated carbocycles. The van der Waals surface area contributed by atoms with Crippen molar-refractivity contribution in [3.05, 3.63) is 59.7 Å². The highest BCUT2D eigenvalue weighted by molar-refractivity contribution is 7.98. The number of aliphatic carboxylic acids is 1. The zero-order chi connectivity index (χ0) is 23.8. The molecule has 33 heavy (non-hydrogen) atoms. The zero-order valence-corrected chi connectivity index (χ0v) is 19.7. The molecule has 1 aliphatic carbocycles. The Bertz CT molecular complexity index is 951. The molecule has 0 heterocycles. The molecular formula is C25H30N2O5S. The lowest BCUT2D eigenvalue weighted by molar-refractivity contribution is -0.137. The van der Waals surface area contributed by atoms with E-state index in [0.717, 1.165) is 22.3 Å². The van der Waals surface area contributed by atoms with E-state index in [-0.39, 0.29) is 30.9 Å². The topological polar surface area (TPSA) is 105 Å². The second-order valence-electron chi connectivity index (χ2n) is 8.15. The Morgan fingerprint density at radius 2 is 1.61 bits per heavy atom. The first-order chi connectivity index (χ1) is 15.9. The van der Waals surface area contributed by atoms with Crippen LogP contribution in [0.15, 0.2) is 48.5 Å². The molecule has 0 bridgehead atoms. The third-order valence-corrected chi connectivity index (χ3v) is 6.39. The van der Waals surface area contributed by atoms with Crippen LogP contribution in [0.3, 0.4) is 0 Å². The van der Waals surface area contributed by atoms with E-state index in [1.807, 2.05) is 30.5 Å². The van der Waals surface area contributed by atoms with Gasteiger partial charge in [0.25, 0.3) is 0 Å². The number of amides is 2. The van der Waals surface area contributed by atoms with Crippen LogP contribution < -0.4 is 10.6 Å². The minimum atomic E-state index is -0.910. The Balaban J connectivity index is 1.60. The van der Waals surface area contributed by atoms with Gasteiger partial charge in [0, 0.05) is 18.4 Å². The van der Waals surface area contributed by atoms with Gasteiger partial charge in [-0.1, -0.05) is 48.5 Å². The Kier molecular flexibility index (Phi) is 8.77. The summed E-state index contributed by atoms with van der Waals surface area (Å²) in [6.45, 7) is 1.92. The van der Waals surface area contributed by atoms with Crippen molar-refractivity contribution in [2.24, 2.45) is 0 Å². The fraction of sp³-hybridized carbons (Fsp3) is 0.400. The normalized spacial score (nSPS) is 14.0. The Hall–Kier alpha value is -3.00. The van der Waals surface area contributed by atoms with E-state index in [1.54, 1.807) is 18.7 Å².